The SMILES string of the molecule is COC1=C2C=C3CC([N+](=O)[O-])=CC=C3NC2=C(Cl)C(=O)C1. The average Bonchev–Trinajstić information content (AvgIpc) is 2.48. The first kappa shape index (κ1) is 13.6. The van der Waals surface area contributed by atoms with Gasteiger partial charge in [0.25, 0.3) is 5.70 Å². The molecule has 0 radical (unpaired) electrons. The van der Waals surface area contributed by atoms with Crippen LogP contribution in [0.2, 0.25) is 0 Å². The van der Waals surface area contributed by atoms with Crippen molar-refractivity contribution in [3.8, 4) is 0 Å². The zero-order valence-electron chi connectivity index (χ0n) is 11.1. The molecule has 108 valence electrons. The van der Waals surface area contributed by atoms with E-state index in [1.54, 1.807) is 12.2 Å². The zero-order chi connectivity index (χ0) is 15.1. The highest BCUT2D eigenvalue weighted by Gasteiger charge is 2.32. The molecule has 0 aromatic heterocycles. The van der Waals surface area contributed by atoms with E-state index in [0.29, 0.717) is 22.7 Å². The molecule has 0 saturated carbocycles. The predicted molar refractivity (Wildman–Crippen MR) is 75.5 cm³/mol. The fourth-order valence-electron chi connectivity index (χ4n) is 2.49. The van der Waals surface area contributed by atoms with Crippen LogP contribution in [-0.4, -0.2) is 17.8 Å². The molecule has 0 unspecified atom stereocenters. The lowest BCUT2D eigenvalue weighted by Crippen LogP contribution is -2.28. The maximum atomic E-state index is 11.8. The summed E-state index contributed by atoms with van der Waals surface area (Å²) >= 11 is 6.07. The van der Waals surface area contributed by atoms with Crippen molar-refractivity contribution in [3.63, 3.8) is 0 Å². The van der Waals surface area contributed by atoms with Gasteiger partial charge in [-0.1, -0.05) is 11.6 Å². The summed E-state index contributed by atoms with van der Waals surface area (Å²) < 4.78 is 5.25. The molecule has 0 saturated heterocycles. The number of nitrogens with one attached hydrogen (secondary N) is 1. The Hall–Kier alpha value is -2.34. The lowest BCUT2D eigenvalue weighted by atomic mass is 9.89. The molecule has 0 aromatic carbocycles. The Balaban J connectivity index is 2.12. The third-order valence-electron chi connectivity index (χ3n) is 3.57. The number of nitrogens with zero attached hydrogens (tertiary/aromatic N) is 1. The molecular weight excluding hydrogens is 296 g/mol. The number of Topliss-reactive ketones (excluding diaryl/α,β-unsaturated/α-hetero) is 1. The number of ether oxygens (including phenoxy) is 1. The van der Waals surface area contributed by atoms with Crippen molar-refractivity contribution >= 4 is 17.4 Å². The van der Waals surface area contributed by atoms with E-state index in [2.05, 4.69) is 5.32 Å². The summed E-state index contributed by atoms with van der Waals surface area (Å²) in [4.78, 5) is 22.3. The highest BCUT2D eigenvalue weighted by molar-refractivity contribution is 6.43. The van der Waals surface area contributed by atoms with Gasteiger partial charge >= 0.3 is 0 Å². The molecule has 0 fully saturated rings. The molecule has 2 aliphatic carbocycles. The standard InChI is InChI=1S/C14H11ClN2O4/c1-21-12-6-11(18)13(15)14-9(12)5-7-4-8(17(19)20)2-3-10(7)16-14/h2-3,5,16H,4,6H2,1H3. The van der Waals surface area contributed by atoms with E-state index in [4.69, 9.17) is 16.3 Å². The Labute approximate surface area is 125 Å². The number of methoxy groups -OCH3 is 1. The van der Waals surface area contributed by atoms with Crippen molar-refractivity contribution in [2.75, 3.05) is 7.11 Å². The Morgan fingerprint density at radius 1 is 1.38 bits per heavy atom. The fraction of sp³-hybridized carbons (Fsp3) is 0.214. The van der Waals surface area contributed by atoms with Crippen molar-refractivity contribution in [3.05, 3.63) is 67.4 Å². The summed E-state index contributed by atoms with van der Waals surface area (Å²) in [5.41, 5.74) is 2.78. The summed E-state index contributed by atoms with van der Waals surface area (Å²) in [6, 6.07) is 0. The number of hydrogen-bond donors (Lipinski definition) is 1. The molecule has 7 heteroatoms. The van der Waals surface area contributed by atoms with Crippen LogP contribution in [0.4, 0.5) is 0 Å². The van der Waals surface area contributed by atoms with Gasteiger partial charge in [0.2, 0.25) is 0 Å². The van der Waals surface area contributed by atoms with Crippen LogP contribution in [0.25, 0.3) is 0 Å². The fourth-order valence-corrected chi connectivity index (χ4v) is 2.71. The second-order valence-corrected chi connectivity index (χ2v) is 5.17. The van der Waals surface area contributed by atoms with Crippen LogP contribution in [0.5, 0.6) is 0 Å². The van der Waals surface area contributed by atoms with Crippen molar-refractivity contribution in [1.29, 1.82) is 0 Å². The van der Waals surface area contributed by atoms with Crippen LogP contribution in [0.3, 0.4) is 0 Å². The van der Waals surface area contributed by atoms with E-state index >= 15 is 0 Å². The van der Waals surface area contributed by atoms with Gasteiger partial charge < -0.3 is 10.1 Å². The number of carbonyl (C=O) groups excluding carboxylic acids is 1. The molecule has 3 aliphatic rings. The van der Waals surface area contributed by atoms with E-state index in [9.17, 15) is 14.9 Å². The lowest BCUT2D eigenvalue weighted by Gasteiger charge is -2.29. The summed E-state index contributed by atoms with van der Waals surface area (Å²) in [5, 5.41) is 14.1. The van der Waals surface area contributed by atoms with E-state index in [1.807, 2.05) is 0 Å². The summed E-state index contributed by atoms with van der Waals surface area (Å²) in [6.45, 7) is 0. The van der Waals surface area contributed by atoms with Crippen molar-refractivity contribution in [2.45, 2.75) is 12.8 Å². The van der Waals surface area contributed by atoms with Gasteiger partial charge in [0, 0.05) is 17.3 Å². The Morgan fingerprint density at radius 3 is 2.81 bits per heavy atom. The van der Waals surface area contributed by atoms with Gasteiger partial charge in [0.05, 0.1) is 30.6 Å². The van der Waals surface area contributed by atoms with Gasteiger partial charge in [0.15, 0.2) is 5.78 Å². The predicted octanol–water partition coefficient (Wildman–Crippen LogP) is 2.29. The van der Waals surface area contributed by atoms with Crippen molar-refractivity contribution in [2.24, 2.45) is 0 Å². The molecule has 1 N–H and O–H groups in total. The first-order chi connectivity index (χ1) is 10.0. The monoisotopic (exact) mass is 306 g/mol. The molecule has 0 bridgehead atoms. The van der Waals surface area contributed by atoms with Gasteiger partial charge in [0.1, 0.15) is 10.8 Å². The van der Waals surface area contributed by atoms with Gasteiger partial charge in [-0.3, -0.25) is 14.9 Å². The molecule has 6 nitrogen and oxygen atoms in total. The number of rotatable bonds is 2. The highest BCUT2D eigenvalue weighted by atomic mass is 35.5. The second kappa shape index (κ2) is 4.89. The number of carbonyl (C=O) groups is 1. The molecule has 1 heterocycles. The molecule has 0 atom stereocenters. The van der Waals surface area contributed by atoms with Crippen LogP contribution < -0.4 is 5.32 Å². The van der Waals surface area contributed by atoms with Crippen LogP contribution in [-0.2, 0) is 9.53 Å². The molecule has 3 rings (SSSR count). The molecule has 0 aromatic rings. The first-order valence-corrected chi connectivity index (χ1v) is 6.62. The number of allylic oxidation sites excluding steroid dienone is 7. The van der Waals surface area contributed by atoms with E-state index in [0.717, 1.165) is 5.57 Å². The largest absolute Gasteiger partial charge is 0.500 e. The Bertz CT molecular complexity index is 725. The maximum Gasteiger partial charge on any atom is 0.250 e. The molecule has 21 heavy (non-hydrogen) atoms. The maximum absolute atomic E-state index is 11.8. The molecule has 1 aliphatic heterocycles. The zero-order valence-corrected chi connectivity index (χ0v) is 11.9. The van der Waals surface area contributed by atoms with Crippen LogP contribution >= 0.6 is 11.6 Å². The van der Waals surface area contributed by atoms with Gasteiger partial charge in [-0.15, -0.1) is 0 Å². The third kappa shape index (κ3) is 2.17. The van der Waals surface area contributed by atoms with Crippen LogP contribution in [0.15, 0.2) is 57.3 Å². The van der Waals surface area contributed by atoms with Gasteiger partial charge in [-0.25, -0.2) is 0 Å². The number of halogens is 1. The first-order valence-electron chi connectivity index (χ1n) is 6.25. The number of ketones is 1. The summed E-state index contributed by atoms with van der Waals surface area (Å²) in [5.74, 6) is 0.296. The lowest BCUT2D eigenvalue weighted by molar-refractivity contribution is -0.427. The van der Waals surface area contributed by atoms with E-state index in [-0.39, 0.29) is 29.4 Å². The van der Waals surface area contributed by atoms with E-state index in [1.165, 1.54) is 13.2 Å². The minimum atomic E-state index is -0.400. The Morgan fingerprint density at radius 2 is 2.14 bits per heavy atom. The smallest absolute Gasteiger partial charge is 0.250 e. The van der Waals surface area contributed by atoms with Crippen molar-refractivity contribution in [1.82, 2.24) is 5.32 Å². The summed E-state index contributed by atoms with van der Waals surface area (Å²) in [7, 11) is 1.49. The van der Waals surface area contributed by atoms with Crippen LogP contribution in [0.1, 0.15) is 12.8 Å². The molecular formula is C14H11ClN2O4. The average molecular weight is 307 g/mol. The topological polar surface area (TPSA) is 81.5 Å². The molecule has 0 amide bonds. The number of fused-ring (bicyclic) bond motifs is 2. The quantitative estimate of drug-likeness (QED) is 0.625. The van der Waals surface area contributed by atoms with Crippen molar-refractivity contribution < 1.29 is 14.5 Å². The molecule has 0 spiro atoms. The number of hydrogen-bond acceptors (Lipinski definition) is 5. The second-order valence-electron chi connectivity index (χ2n) is 4.80. The summed E-state index contributed by atoms with van der Waals surface area (Å²) in [6.07, 6.45) is 5.17. The minimum Gasteiger partial charge on any atom is -0.500 e. The van der Waals surface area contributed by atoms with Gasteiger partial charge in [-0.2, -0.15) is 0 Å². The van der Waals surface area contributed by atoms with Gasteiger partial charge in [-0.05, 0) is 17.7 Å². The minimum absolute atomic E-state index is 0.0939. The third-order valence-corrected chi connectivity index (χ3v) is 3.97. The van der Waals surface area contributed by atoms with Crippen LogP contribution in [0, 0.1) is 10.1 Å². The Kier molecular flexibility index (Phi) is 3.17. The highest BCUT2D eigenvalue weighted by Crippen LogP contribution is 2.38. The normalized spacial score (nSPS) is 20.9. The number of nitro groups is 1. The van der Waals surface area contributed by atoms with E-state index < -0.39 is 4.92 Å².